The van der Waals surface area contributed by atoms with Crippen LogP contribution in [0.3, 0.4) is 0 Å². The number of hydrogen-bond acceptors (Lipinski definition) is 4. The van der Waals surface area contributed by atoms with Gasteiger partial charge in [0.1, 0.15) is 0 Å². The molecule has 1 aromatic rings. The molecule has 0 aromatic heterocycles. The van der Waals surface area contributed by atoms with Gasteiger partial charge >= 0.3 is 6.09 Å². The van der Waals surface area contributed by atoms with Crippen molar-refractivity contribution in [2.45, 2.75) is 25.6 Å². The van der Waals surface area contributed by atoms with Crippen LogP contribution in [-0.4, -0.2) is 31.8 Å². The second kappa shape index (κ2) is 7.65. The Morgan fingerprint density at radius 3 is 2.35 bits per heavy atom. The van der Waals surface area contributed by atoms with E-state index in [1.807, 2.05) is 0 Å². The molecule has 10 heteroatoms. The van der Waals surface area contributed by atoms with Gasteiger partial charge in [-0.2, -0.15) is 0 Å². The zero-order valence-corrected chi connectivity index (χ0v) is 12.2. The number of primary amides is 1. The lowest BCUT2D eigenvalue weighted by Gasteiger charge is -2.19. The standard InChI is InChI=1S/C13H15F4N3O3/c1-5(12(21)20-11(17)10(15)16)6-3-7(14)9(23-13(18)22)4-8(6)19-2/h3-5,10-11,19H,1-2H3,(H2,18,22)(H,20,21). The van der Waals surface area contributed by atoms with Gasteiger partial charge in [0.2, 0.25) is 12.2 Å². The van der Waals surface area contributed by atoms with Crippen LogP contribution in [0.1, 0.15) is 18.4 Å². The molecule has 0 aliphatic heterocycles. The number of anilines is 1. The first-order valence-corrected chi connectivity index (χ1v) is 6.38. The molecule has 0 spiro atoms. The highest BCUT2D eigenvalue weighted by Crippen LogP contribution is 2.31. The van der Waals surface area contributed by atoms with E-state index in [4.69, 9.17) is 5.73 Å². The van der Waals surface area contributed by atoms with Crippen LogP contribution in [0.5, 0.6) is 5.75 Å². The number of nitrogens with two attached hydrogens (primary N) is 1. The first-order valence-electron chi connectivity index (χ1n) is 6.38. The third kappa shape index (κ3) is 4.73. The zero-order chi connectivity index (χ0) is 17.7. The Balaban J connectivity index is 3.08. The maximum Gasteiger partial charge on any atom is 0.410 e. The molecule has 128 valence electrons. The van der Waals surface area contributed by atoms with Crippen LogP contribution in [0, 0.1) is 5.82 Å². The molecule has 0 aliphatic carbocycles. The maximum atomic E-state index is 13.9. The van der Waals surface area contributed by atoms with Crippen molar-refractivity contribution in [1.82, 2.24) is 5.32 Å². The molecule has 0 aliphatic rings. The molecule has 0 radical (unpaired) electrons. The van der Waals surface area contributed by atoms with Crippen LogP contribution in [0.15, 0.2) is 12.1 Å². The molecular formula is C13H15F4N3O3. The predicted octanol–water partition coefficient (Wildman–Crippen LogP) is 2.11. The molecule has 2 atom stereocenters. The predicted molar refractivity (Wildman–Crippen MR) is 73.6 cm³/mol. The van der Waals surface area contributed by atoms with Crippen molar-refractivity contribution in [3.63, 3.8) is 0 Å². The minimum atomic E-state index is -3.38. The molecule has 23 heavy (non-hydrogen) atoms. The zero-order valence-electron chi connectivity index (χ0n) is 12.2. The number of ether oxygens (including phenoxy) is 1. The SMILES string of the molecule is CNc1cc(OC(N)=O)c(F)cc1C(C)C(=O)NC(F)C(F)F. The minimum Gasteiger partial charge on any atom is -0.407 e. The van der Waals surface area contributed by atoms with Crippen LogP contribution >= 0.6 is 0 Å². The molecule has 1 rings (SSSR count). The molecule has 0 bridgehead atoms. The molecule has 6 nitrogen and oxygen atoms in total. The summed E-state index contributed by atoms with van der Waals surface area (Å²) in [5.74, 6) is -3.68. The molecule has 0 saturated heterocycles. The fourth-order valence-electron chi connectivity index (χ4n) is 1.80. The van der Waals surface area contributed by atoms with Gasteiger partial charge in [0.05, 0.1) is 5.92 Å². The largest absolute Gasteiger partial charge is 0.410 e. The Morgan fingerprint density at radius 2 is 1.87 bits per heavy atom. The third-order valence-electron chi connectivity index (χ3n) is 2.95. The highest BCUT2D eigenvalue weighted by Gasteiger charge is 2.27. The first kappa shape index (κ1) is 18.5. The van der Waals surface area contributed by atoms with E-state index < -0.39 is 42.2 Å². The van der Waals surface area contributed by atoms with Gasteiger partial charge in [0.15, 0.2) is 11.6 Å². The number of halogens is 4. The monoisotopic (exact) mass is 337 g/mol. The van der Waals surface area contributed by atoms with Crippen LogP contribution in [0.2, 0.25) is 0 Å². The normalized spacial score (nSPS) is 13.3. The van der Waals surface area contributed by atoms with Gasteiger partial charge in [0.25, 0.3) is 6.43 Å². The van der Waals surface area contributed by atoms with Gasteiger partial charge in [-0.15, -0.1) is 0 Å². The number of alkyl halides is 3. The van der Waals surface area contributed by atoms with Crippen molar-refractivity contribution >= 4 is 17.7 Å². The van der Waals surface area contributed by atoms with E-state index in [1.165, 1.54) is 19.3 Å². The van der Waals surface area contributed by atoms with Crippen LogP contribution < -0.4 is 21.1 Å². The van der Waals surface area contributed by atoms with Gasteiger partial charge in [-0.1, -0.05) is 0 Å². The molecule has 0 heterocycles. The van der Waals surface area contributed by atoms with Crippen LogP contribution in [-0.2, 0) is 4.79 Å². The van der Waals surface area contributed by atoms with Gasteiger partial charge in [-0.3, -0.25) is 4.79 Å². The summed E-state index contributed by atoms with van der Waals surface area (Å²) in [6.07, 6.45) is -7.44. The lowest BCUT2D eigenvalue weighted by Crippen LogP contribution is -2.39. The smallest absolute Gasteiger partial charge is 0.407 e. The van der Waals surface area contributed by atoms with E-state index in [2.05, 4.69) is 10.1 Å². The number of carbonyl (C=O) groups excluding carboxylic acids is 2. The van der Waals surface area contributed by atoms with E-state index in [0.717, 1.165) is 12.1 Å². The number of carbonyl (C=O) groups is 2. The van der Waals surface area contributed by atoms with E-state index in [0.29, 0.717) is 0 Å². The van der Waals surface area contributed by atoms with Crippen molar-refractivity contribution in [3.8, 4) is 5.75 Å². The summed E-state index contributed by atoms with van der Waals surface area (Å²) in [7, 11) is 1.44. The Morgan fingerprint density at radius 1 is 1.26 bits per heavy atom. The Bertz CT molecular complexity index is 598. The first-order chi connectivity index (χ1) is 10.7. The third-order valence-corrected chi connectivity index (χ3v) is 2.95. The van der Waals surface area contributed by atoms with Crippen molar-refractivity contribution in [2.24, 2.45) is 5.73 Å². The molecular weight excluding hydrogens is 322 g/mol. The maximum absolute atomic E-state index is 13.9. The summed E-state index contributed by atoms with van der Waals surface area (Å²) >= 11 is 0. The summed E-state index contributed by atoms with van der Waals surface area (Å²) in [5, 5.41) is 4.11. The quantitative estimate of drug-likeness (QED) is 0.547. The van der Waals surface area contributed by atoms with Gasteiger partial charge in [0, 0.05) is 18.8 Å². The van der Waals surface area contributed by atoms with Gasteiger partial charge in [-0.25, -0.2) is 22.4 Å². The highest BCUT2D eigenvalue weighted by molar-refractivity contribution is 5.85. The average molecular weight is 337 g/mol. The summed E-state index contributed by atoms with van der Waals surface area (Å²) in [5.41, 5.74) is 5.02. The van der Waals surface area contributed by atoms with E-state index in [-0.39, 0.29) is 11.3 Å². The fourth-order valence-corrected chi connectivity index (χ4v) is 1.80. The molecule has 2 unspecified atom stereocenters. The summed E-state index contributed by atoms with van der Waals surface area (Å²) in [6.45, 7) is 1.28. The number of amides is 2. The van der Waals surface area contributed by atoms with E-state index in [9.17, 15) is 27.2 Å². The highest BCUT2D eigenvalue weighted by atomic mass is 19.3. The summed E-state index contributed by atoms with van der Waals surface area (Å²) < 4.78 is 55.4. The van der Waals surface area contributed by atoms with Gasteiger partial charge < -0.3 is 21.1 Å². The Labute approximate surface area is 129 Å². The molecule has 4 N–H and O–H groups in total. The fraction of sp³-hybridized carbons (Fsp3) is 0.385. The summed E-state index contributed by atoms with van der Waals surface area (Å²) in [4.78, 5) is 22.4. The summed E-state index contributed by atoms with van der Waals surface area (Å²) in [6, 6.07) is 1.93. The molecule has 0 fully saturated rings. The van der Waals surface area contributed by atoms with E-state index >= 15 is 0 Å². The second-order valence-corrected chi connectivity index (χ2v) is 4.51. The number of nitrogens with one attached hydrogen (secondary N) is 2. The molecule has 0 saturated carbocycles. The van der Waals surface area contributed by atoms with Crippen molar-refractivity contribution in [1.29, 1.82) is 0 Å². The Kier molecular flexibility index (Phi) is 6.17. The van der Waals surface area contributed by atoms with Crippen molar-refractivity contribution in [2.75, 3.05) is 12.4 Å². The van der Waals surface area contributed by atoms with E-state index in [1.54, 1.807) is 0 Å². The average Bonchev–Trinajstić information content (AvgIpc) is 2.47. The second-order valence-electron chi connectivity index (χ2n) is 4.51. The number of benzene rings is 1. The molecule has 1 aromatic carbocycles. The van der Waals surface area contributed by atoms with Crippen LogP contribution in [0.4, 0.5) is 28.0 Å². The number of rotatable bonds is 6. The Hall–Kier alpha value is -2.52. The van der Waals surface area contributed by atoms with Gasteiger partial charge in [-0.05, 0) is 18.6 Å². The minimum absolute atomic E-state index is 0.0563. The molecule has 2 amide bonds. The number of hydrogen-bond donors (Lipinski definition) is 3. The van der Waals surface area contributed by atoms with Crippen molar-refractivity contribution in [3.05, 3.63) is 23.5 Å². The topological polar surface area (TPSA) is 93.4 Å². The lowest BCUT2D eigenvalue weighted by molar-refractivity contribution is -0.126. The van der Waals surface area contributed by atoms with Crippen molar-refractivity contribution < 1.29 is 31.9 Å². The lowest BCUT2D eigenvalue weighted by atomic mass is 9.97. The van der Waals surface area contributed by atoms with Crippen LogP contribution in [0.25, 0.3) is 0 Å².